The first-order valence-electron chi connectivity index (χ1n) is 8.73. The molecule has 0 aliphatic heterocycles. The van der Waals surface area contributed by atoms with Gasteiger partial charge in [0.05, 0.1) is 16.6 Å². The first kappa shape index (κ1) is 18.3. The zero-order chi connectivity index (χ0) is 19.5. The first-order valence-corrected chi connectivity index (χ1v) is 9.48. The van der Waals surface area contributed by atoms with Gasteiger partial charge < -0.3 is 4.57 Å². The van der Waals surface area contributed by atoms with Crippen molar-refractivity contribution in [2.45, 2.75) is 6.54 Å². The fourth-order valence-corrected chi connectivity index (χ4v) is 3.65. The largest absolute Gasteiger partial charge is 0.319 e. The van der Waals surface area contributed by atoms with Crippen molar-refractivity contribution in [2.24, 2.45) is 0 Å². The van der Waals surface area contributed by atoms with Crippen LogP contribution in [0.4, 0.5) is 0 Å². The van der Waals surface area contributed by atoms with Crippen molar-refractivity contribution in [3.05, 3.63) is 99.8 Å². The second-order valence-corrected chi connectivity index (χ2v) is 7.12. The summed E-state index contributed by atoms with van der Waals surface area (Å²) in [7, 11) is 0. The van der Waals surface area contributed by atoms with Gasteiger partial charge in [0.15, 0.2) is 5.82 Å². The summed E-state index contributed by atoms with van der Waals surface area (Å²) in [6, 6.07) is 25.5. The summed E-state index contributed by atoms with van der Waals surface area (Å²) in [5.74, 6) is 0.587. The molecule has 4 rings (SSSR count). The molecule has 0 amide bonds. The molecule has 3 aromatic carbocycles. The van der Waals surface area contributed by atoms with E-state index in [2.05, 4.69) is 18.2 Å². The zero-order valence-corrected chi connectivity index (χ0v) is 16.3. The van der Waals surface area contributed by atoms with Crippen LogP contribution in [0.15, 0.2) is 72.8 Å². The summed E-state index contributed by atoms with van der Waals surface area (Å²) >= 11 is 12.6. The van der Waals surface area contributed by atoms with Crippen molar-refractivity contribution in [3.63, 3.8) is 0 Å². The van der Waals surface area contributed by atoms with Gasteiger partial charge in [0.2, 0.25) is 0 Å². The van der Waals surface area contributed by atoms with Crippen molar-refractivity contribution in [3.8, 4) is 6.07 Å². The molecule has 0 unspecified atom stereocenters. The predicted molar refractivity (Wildman–Crippen MR) is 115 cm³/mol. The number of rotatable bonds is 4. The molecule has 0 bridgehead atoms. The van der Waals surface area contributed by atoms with Crippen LogP contribution in [-0.4, -0.2) is 9.55 Å². The van der Waals surface area contributed by atoms with Crippen LogP contribution in [0.5, 0.6) is 0 Å². The summed E-state index contributed by atoms with van der Waals surface area (Å²) in [6.07, 6.45) is 1.70. The summed E-state index contributed by atoms with van der Waals surface area (Å²) in [4.78, 5) is 4.72. The van der Waals surface area contributed by atoms with Crippen LogP contribution in [0, 0.1) is 11.3 Å². The van der Waals surface area contributed by atoms with E-state index in [0.717, 1.165) is 16.6 Å². The van der Waals surface area contributed by atoms with Gasteiger partial charge >= 0.3 is 0 Å². The lowest BCUT2D eigenvalue weighted by Gasteiger charge is -2.09. The minimum atomic E-state index is 0.405. The molecule has 0 saturated carbocycles. The molecule has 0 radical (unpaired) electrons. The number of hydrogen-bond acceptors (Lipinski definition) is 2. The Hall–Kier alpha value is -3.06. The average molecular weight is 404 g/mol. The number of nitriles is 1. The van der Waals surface area contributed by atoms with Gasteiger partial charge in [-0.05, 0) is 35.9 Å². The maximum atomic E-state index is 9.88. The Morgan fingerprint density at radius 1 is 0.929 bits per heavy atom. The van der Waals surface area contributed by atoms with E-state index in [0.29, 0.717) is 33.6 Å². The Morgan fingerprint density at radius 2 is 1.61 bits per heavy atom. The number of hydrogen-bond donors (Lipinski definition) is 0. The first-order chi connectivity index (χ1) is 13.7. The summed E-state index contributed by atoms with van der Waals surface area (Å²) in [5.41, 5.74) is 3.94. The van der Waals surface area contributed by atoms with Gasteiger partial charge in [-0.25, -0.2) is 4.98 Å². The highest BCUT2D eigenvalue weighted by atomic mass is 35.5. The van der Waals surface area contributed by atoms with E-state index in [9.17, 15) is 5.26 Å². The average Bonchev–Trinajstić information content (AvgIpc) is 3.07. The van der Waals surface area contributed by atoms with Crippen LogP contribution in [0.3, 0.4) is 0 Å². The van der Waals surface area contributed by atoms with Crippen LogP contribution < -0.4 is 0 Å². The molecule has 28 heavy (non-hydrogen) atoms. The Labute approximate surface area is 173 Å². The normalized spacial score (nSPS) is 11.5. The quantitative estimate of drug-likeness (QED) is 0.367. The molecule has 1 heterocycles. The maximum absolute atomic E-state index is 9.88. The molecule has 0 saturated heterocycles. The Balaban J connectivity index is 1.91. The third kappa shape index (κ3) is 3.53. The van der Waals surface area contributed by atoms with Gasteiger partial charge in [0.25, 0.3) is 0 Å². The van der Waals surface area contributed by atoms with Crippen molar-refractivity contribution in [1.29, 1.82) is 5.26 Å². The van der Waals surface area contributed by atoms with Gasteiger partial charge in [0, 0.05) is 22.2 Å². The molecule has 0 aliphatic carbocycles. The molecule has 3 nitrogen and oxygen atoms in total. The summed E-state index contributed by atoms with van der Waals surface area (Å²) < 4.78 is 2.05. The predicted octanol–water partition coefficient (Wildman–Crippen LogP) is 6.46. The summed E-state index contributed by atoms with van der Waals surface area (Å²) in [6.45, 7) is 0.603. The van der Waals surface area contributed by atoms with Crippen LogP contribution in [0.2, 0.25) is 10.0 Å². The van der Waals surface area contributed by atoms with E-state index >= 15 is 0 Å². The minimum Gasteiger partial charge on any atom is -0.319 e. The molecular formula is C23H15Cl2N3. The topological polar surface area (TPSA) is 41.6 Å². The van der Waals surface area contributed by atoms with Crippen LogP contribution >= 0.6 is 23.2 Å². The van der Waals surface area contributed by atoms with Crippen molar-refractivity contribution in [1.82, 2.24) is 9.55 Å². The lowest BCUT2D eigenvalue weighted by atomic mass is 10.1. The number of nitrogens with zero attached hydrogens (tertiary/aromatic N) is 3. The van der Waals surface area contributed by atoms with Crippen molar-refractivity contribution in [2.75, 3.05) is 0 Å². The lowest BCUT2D eigenvalue weighted by Crippen LogP contribution is -2.04. The lowest BCUT2D eigenvalue weighted by molar-refractivity contribution is 0.811. The fraction of sp³-hybridized carbons (Fsp3) is 0.0435. The van der Waals surface area contributed by atoms with E-state index in [4.69, 9.17) is 28.2 Å². The molecular weight excluding hydrogens is 389 g/mol. The highest BCUT2D eigenvalue weighted by Gasteiger charge is 2.16. The van der Waals surface area contributed by atoms with Gasteiger partial charge in [0.1, 0.15) is 6.07 Å². The number of benzene rings is 3. The molecule has 136 valence electrons. The van der Waals surface area contributed by atoms with Crippen molar-refractivity contribution < 1.29 is 0 Å². The molecule has 4 aromatic rings. The number of fused-ring (bicyclic) bond motifs is 1. The van der Waals surface area contributed by atoms with Gasteiger partial charge in [-0.15, -0.1) is 0 Å². The molecule has 0 N–H and O–H groups in total. The van der Waals surface area contributed by atoms with Crippen LogP contribution in [-0.2, 0) is 6.54 Å². The Bertz CT molecular complexity index is 1200. The number of halogens is 2. The molecule has 5 heteroatoms. The van der Waals surface area contributed by atoms with Crippen LogP contribution in [0.1, 0.15) is 17.0 Å². The third-order valence-electron chi connectivity index (χ3n) is 4.49. The Morgan fingerprint density at radius 3 is 2.32 bits per heavy atom. The van der Waals surface area contributed by atoms with Crippen molar-refractivity contribution >= 4 is 45.9 Å². The van der Waals surface area contributed by atoms with Crippen LogP contribution in [0.25, 0.3) is 22.7 Å². The van der Waals surface area contributed by atoms with E-state index in [1.165, 1.54) is 0 Å². The molecule has 0 aliphatic rings. The smallest absolute Gasteiger partial charge is 0.152 e. The molecule has 0 fully saturated rings. The van der Waals surface area contributed by atoms with E-state index in [-0.39, 0.29) is 0 Å². The number of imidazole rings is 1. The van der Waals surface area contributed by atoms with E-state index in [1.54, 1.807) is 24.3 Å². The van der Waals surface area contributed by atoms with Gasteiger partial charge in [-0.1, -0.05) is 71.7 Å². The minimum absolute atomic E-state index is 0.405. The number of para-hydroxylation sites is 2. The van der Waals surface area contributed by atoms with Gasteiger partial charge in [-0.3, -0.25) is 0 Å². The molecule has 0 atom stereocenters. The third-order valence-corrected chi connectivity index (χ3v) is 5.15. The number of allylic oxidation sites excluding steroid dienone is 1. The SMILES string of the molecule is N#C/C(=C\c1c(Cl)cccc1Cl)c1nc2ccccc2n1Cc1ccccc1. The Kier molecular flexibility index (Phi) is 5.16. The van der Waals surface area contributed by atoms with E-state index in [1.807, 2.05) is 47.0 Å². The highest BCUT2D eigenvalue weighted by molar-refractivity contribution is 6.37. The zero-order valence-electron chi connectivity index (χ0n) is 14.8. The van der Waals surface area contributed by atoms with Gasteiger partial charge in [-0.2, -0.15) is 5.26 Å². The second kappa shape index (κ2) is 7.90. The fourth-order valence-electron chi connectivity index (χ4n) is 3.15. The molecule has 1 aromatic heterocycles. The summed E-state index contributed by atoms with van der Waals surface area (Å²) in [5, 5.41) is 10.9. The standard InChI is InChI=1S/C23H15Cl2N3/c24-19-9-6-10-20(25)18(19)13-17(14-26)23-27-21-11-4-5-12-22(21)28(23)15-16-7-2-1-3-8-16/h1-13H,15H2/b17-13+. The maximum Gasteiger partial charge on any atom is 0.152 e. The number of aromatic nitrogens is 2. The highest BCUT2D eigenvalue weighted by Crippen LogP contribution is 2.30. The second-order valence-electron chi connectivity index (χ2n) is 6.30. The molecule has 0 spiro atoms. The monoisotopic (exact) mass is 403 g/mol. The van der Waals surface area contributed by atoms with E-state index < -0.39 is 0 Å².